The minimum Gasteiger partial charge on any atom is -0.298 e. The van der Waals surface area contributed by atoms with Gasteiger partial charge < -0.3 is 0 Å². The number of pyridine rings is 1. The molecule has 0 fully saturated rings. The molecule has 3 heterocycles. The van der Waals surface area contributed by atoms with Gasteiger partial charge in [0.25, 0.3) is 0 Å². The van der Waals surface area contributed by atoms with E-state index in [1.165, 1.54) is 7.94 Å². The standard InChI is InChI=1S/C21H33N5O4S2/c1-7-23(8-2)14-16-11-18-20(25(16)31(5,27)28)13-21-19(22-18)12-17(15-24(9-3)10-4)26(21)32(6,29)30/h11-13H,7-10,14-15H2,1-6H3. The van der Waals surface area contributed by atoms with Crippen LogP contribution in [0.5, 0.6) is 0 Å². The first-order valence-electron chi connectivity index (χ1n) is 10.9. The average Bonchev–Trinajstić information content (AvgIpc) is 3.24. The Kier molecular flexibility index (Phi) is 7.04. The van der Waals surface area contributed by atoms with Crippen molar-refractivity contribution in [3.05, 3.63) is 29.6 Å². The van der Waals surface area contributed by atoms with Gasteiger partial charge in [-0.15, -0.1) is 0 Å². The zero-order chi connectivity index (χ0) is 23.8. The van der Waals surface area contributed by atoms with Crippen LogP contribution in [-0.2, 0) is 33.1 Å². The van der Waals surface area contributed by atoms with Gasteiger partial charge in [-0.25, -0.2) is 29.8 Å². The van der Waals surface area contributed by atoms with Crippen molar-refractivity contribution in [2.24, 2.45) is 0 Å². The van der Waals surface area contributed by atoms with E-state index in [1.807, 2.05) is 27.7 Å². The van der Waals surface area contributed by atoms with Crippen LogP contribution in [0, 0.1) is 0 Å². The Morgan fingerprint density at radius 3 is 1.31 bits per heavy atom. The second-order valence-corrected chi connectivity index (χ2v) is 11.7. The van der Waals surface area contributed by atoms with E-state index in [-0.39, 0.29) is 0 Å². The van der Waals surface area contributed by atoms with E-state index in [2.05, 4.69) is 14.8 Å². The molecule has 0 spiro atoms. The average molecular weight is 484 g/mol. The fourth-order valence-corrected chi connectivity index (χ4v) is 6.24. The maximum absolute atomic E-state index is 12.7. The van der Waals surface area contributed by atoms with Gasteiger partial charge in [-0.05, 0) is 44.4 Å². The molecule has 0 bridgehead atoms. The van der Waals surface area contributed by atoms with Crippen LogP contribution < -0.4 is 0 Å². The monoisotopic (exact) mass is 483 g/mol. The number of hydrogen-bond donors (Lipinski definition) is 0. The van der Waals surface area contributed by atoms with E-state index in [1.54, 1.807) is 18.2 Å². The van der Waals surface area contributed by atoms with Gasteiger partial charge in [0.1, 0.15) is 0 Å². The summed E-state index contributed by atoms with van der Waals surface area (Å²) in [4.78, 5) is 8.92. The van der Waals surface area contributed by atoms with Crippen molar-refractivity contribution in [2.75, 3.05) is 38.7 Å². The molecule has 0 atom stereocenters. The molecule has 178 valence electrons. The largest absolute Gasteiger partial charge is 0.298 e. The summed E-state index contributed by atoms with van der Waals surface area (Å²) >= 11 is 0. The van der Waals surface area contributed by atoms with Gasteiger partial charge in [0.15, 0.2) is 0 Å². The van der Waals surface area contributed by atoms with E-state index in [9.17, 15) is 16.8 Å². The van der Waals surface area contributed by atoms with Crippen LogP contribution in [0.25, 0.3) is 22.1 Å². The highest BCUT2D eigenvalue weighted by atomic mass is 32.2. The number of nitrogens with zero attached hydrogens (tertiary/aromatic N) is 5. The number of fused-ring (bicyclic) bond motifs is 2. The molecule has 32 heavy (non-hydrogen) atoms. The summed E-state index contributed by atoms with van der Waals surface area (Å²) in [6.45, 7) is 12.1. The van der Waals surface area contributed by atoms with Gasteiger partial charge in [0.05, 0.1) is 46.0 Å². The molecule has 3 rings (SSSR count). The van der Waals surface area contributed by atoms with Crippen LogP contribution in [-0.4, -0.2) is 78.3 Å². The fourth-order valence-electron chi connectivity index (χ4n) is 4.16. The molecule has 3 aromatic rings. The Labute approximate surface area is 190 Å². The lowest BCUT2D eigenvalue weighted by Gasteiger charge is -2.19. The molecule has 0 aliphatic rings. The molecule has 0 amide bonds. The van der Waals surface area contributed by atoms with Crippen molar-refractivity contribution < 1.29 is 16.8 Å². The minimum atomic E-state index is -3.63. The molecule has 0 radical (unpaired) electrons. The first kappa shape index (κ1) is 24.7. The summed E-state index contributed by atoms with van der Waals surface area (Å²) in [6, 6.07) is 5.21. The van der Waals surface area contributed by atoms with Crippen molar-refractivity contribution in [3.8, 4) is 0 Å². The molecule has 0 aliphatic heterocycles. The third kappa shape index (κ3) is 4.70. The Bertz CT molecular complexity index is 1230. The van der Waals surface area contributed by atoms with Gasteiger partial charge >= 0.3 is 0 Å². The second kappa shape index (κ2) is 9.12. The molecule has 0 N–H and O–H groups in total. The van der Waals surface area contributed by atoms with Gasteiger partial charge in [-0.2, -0.15) is 0 Å². The van der Waals surface area contributed by atoms with E-state index >= 15 is 0 Å². The Morgan fingerprint density at radius 1 is 0.688 bits per heavy atom. The molecule has 11 heteroatoms. The van der Waals surface area contributed by atoms with Gasteiger partial charge in [0, 0.05) is 13.1 Å². The first-order valence-corrected chi connectivity index (χ1v) is 14.6. The minimum absolute atomic E-state index is 0.388. The zero-order valence-electron chi connectivity index (χ0n) is 19.7. The molecule has 0 saturated carbocycles. The van der Waals surface area contributed by atoms with Crippen molar-refractivity contribution in [1.82, 2.24) is 22.7 Å². The van der Waals surface area contributed by atoms with Crippen LogP contribution in [0.3, 0.4) is 0 Å². The van der Waals surface area contributed by atoms with Gasteiger partial charge in [-0.1, -0.05) is 27.7 Å². The van der Waals surface area contributed by atoms with Crippen LogP contribution in [0.2, 0.25) is 0 Å². The topological polar surface area (TPSA) is 97.5 Å². The van der Waals surface area contributed by atoms with Crippen LogP contribution in [0.15, 0.2) is 18.2 Å². The summed E-state index contributed by atoms with van der Waals surface area (Å²) in [7, 11) is -7.27. The van der Waals surface area contributed by atoms with E-state index in [0.717, 1.165) is 38.7 Å². The fraction of sp³-hybridized carbons (Fsp3) is 0.571. The van der Waals surface area contributed by atoms with Gasteiger partial charge in [-0.3, -0.25) is 9.80 Å². The van der Waals surface area contributed by atoms with Crippen molar-refractivity contribution >= 4 is 42.1 Å². The molecule has 3 aromatic heterocycles. The van der Waals surface area contributed by atoms with E-state index in [0.29, 0.717) is 46.5 Å². The third-order valence-corrected chi connectivity index (χ3v) is 8.02. The summed E-state index contributed by atoms with van der Waals surface area (Å²) in [5.41, 5.74) is 3.07. The molecule has 0 aromatic carbocycles. The summed E-state index contributed by atoms with van der Waals surface area (Å²) in [5, 5.41) is 0. The van der Waals surface area contributed by atoms with Crippen LogP contribution >= 0.6 is 0 Å². The molecule has 9 nitrogen and oxygen atoms in total. The summed E-state index contributed by atoms with van der Waals surface area (Å²) in [6.07, 6.45) is 2.31. The van der Waals surface area contributed by atoms with Crippen LogP contribution in [0.4, 0.5) is 0 Å². The van der Waals surface area contributed by atoms with Crippen LogP contribution in [0.1, 0.15) is 39.1 Å². The number of aromatic nitrogens is 3. The van der Waals surface area contributed by atoms with E-state index in [4.69, 9.17) is 0 Å². The molecule has 0 saturated heterocycles. The second-order valence-electron chi connectivity index (χ2n) is 8.05. The van der Waals surface area contributed by atoms with Gasteiger partial charge in [0.2, 0.25) is 20.0 Å². The SMILES string of the molecule is CCN(CC)Cc1cc2nc3cc(CN(CC)CC)n(S(C)(=O)=O)c3cc2n1S(C)(=O)=O. The number of hydrogen-bond acceptors (Lipinski definition) is 7. The zero-order valence-corrected chi connectivity index (χ0v) is 21.3. The molecule has 0 aliphatic carbocycles. The lowest BCUT2D eigenvalue weighted by atomic mass is 10.3. The molecular weight excluding hydrogens is 450 g/mol. The predicted molar refractivity (Wildman–Crippen MR) is 129 cm³/mol. The highest BCUT2D eigenvalue weighted by Crippen LogP contribution is 2.29. The first-order chi connectivity index (χ1) is 14.9. The van der Waals surface area contributed by atoms with E-state index < -0.39 is 20.0 Å². The lowest BCUT2D eigenvalue weighted by molar-refractivity contribution is 0.291. The maximum atomic E-state index is 12.7. The van der Waals surface area contributed by atoms with Crippen molar-refractivity contribution in [1.29, 1.82) is 0 Å². The Balaban J connectivity index is 2.33. The normalized spacial score (nSPS) is 13.2. The molecular formula is C21H33N5O4S2. The van der Waals surface area contributed by atoms with Crippen molar-refractivity contribution in [3.63, 3.8) is 0 Å². The Morgan fingerprint density at radius 2 is 1.03 bits per heavy atom. The predicted octanol–water partition coefficient (Wildman–Crippen LogP) is 2.29. The molecule has 0 unspecified atom stereocenters. The smallest absolute Gasteiger partial charge is 0.236 e. The summed E-state index contributed by atoms with van der Waals surface area (Å²) in [5.74, 6) is 0. The maximum Gasteiger partial charge on any atom is 0.236 e. The van der Waals surface area contributed by atoms with Crippen molar-refractivity contribution in [2.45, 2.75) is 40.8 Å². The lowest BCUT2D eigenvalue weighted by Crippen LogP contribution is -2.25. The number of rotatable bonds is 10. The Hall–Kier alpha value is -1.95. The third-order valence-electron chi connectivity index (χ3n) is 5.83. The quantitative estimate of drug-likeness (QED) is 0.436. The summed E-state index contributed by atoms with van der Waals surface area (Å²) < 4.78 is 53.4. The highest BCUT2D eigenvalue weighted by molar-refractivity contribution is 7.89. The highest BCUT2D eigenvalue weighted by Gasteiger charge is 2.23.